The van der Waals surface area contributed by atoms with Crippen LogP contribution in [0.4, 0.5) is 0 Å². The number of nitrogens with zero attached hydrogens (tertiary/aromatic N) is 2. The van der Waals surface area contributed by atoms with Crippen LogP contribution in [0.3, 0.4) is 0 Å². The SMILES string of the molecule is Cc1cc(C)n(-c2cccc([C@H]3OCCC45C[C@@H](C[C@H]34)C(C)(C)[C@@H]5NC(=O)C(C)C)c2)n1. The van der Waals surface area contributed by atoms with Gasteiger partial charge >= 0.3 is 0 Å². The number of carbonyl (C=O) groups excluding carboxylic acids is 1. The third kappa shape index (κ3) is 3.15. The summed E-state index contributed by atoms with van der Waals surface area (Å²) in [5.74, 6) is 1.24. The monoisotopic (exact) mass is 435 g/mol. The van der Waals surface area contributed by atoms with Gasteiger partial charge in [0.15, 0.2) is 0 Å². The van der Waals surface area contributed by atoms with E-state index in [-0.39, 0.29) is 34.8 Å². The lowest BCUT2D eigenvalue weighted by Crippen LogP contribution is -2.59. The van der Waals surface area contributed by atoms with Crippen molar-refractivity contribution in [2.45, 2.75) is 73.0 Å². The molecule has 1 amide bonds. The predicted octanol–water partition coefficient (Wildman–Crippen LogP) is 5.14. The standard InChI is InChI=1S/C27H37N3O2/c1-16(2)24(31)28-25-26(5,6)20-14-22-23(32-11-10-27(22,25)15-20)19-8-7-9-21(13-19)30-18(4)12-17(3)29-30/h7-9,12-13,16,20,22-23,25H,10-11,14-15H2,1-6H3,(H,28,31)/t20-,22-,23-,25+,27?/m1/s1. The summed E-state index contributed by atoms with van der Waals surface area (Å²) in [5, 5.41) is 8.18. The maximum Gasteiger partial charge on any atom is 0.222 e. The van der Waals surface area contributed by atoms with Crippen LogP contribution in [0.1, 0.15) is 70.0 Å². The molecule has 2 bridgehead atoms. The van der Waals surface area contributed by atoms with Crippen LogP contribution in [0.25, 0.3) is 5.69 Å². The van der Waals surface area contributed by atoms with Gasteiger partial charge in [0.2, 0.25) is 5.91 Å². The molecule has 5 atom stereocenters. The summed E-state index contributed by atoms with van der Waals surface area (Å²) in [6.07, 6.45) is 3.48. The van der Waals surface area contributed by atoms with E-state index in [4.69, 9.17) is 4.74 Å². The van der Waals surface area contributed by atoms with Crippen LogP contribution in [0.15, 0.2) is 30.3 Å². The minimum absolute atomic E-state index is 0.00728. The molecule has 172 valence electrons. The second kappa shape index (κ2) is 7.44. The van der Waals surface area contributed by atoms with Gasteiger partial charge in [0.25, 0.3) is 0 Å². The molecule has 3 aliphatic rings. The van der Waals surface area contributed by atoms with Gasteiger partial charge in [0, 0.05) is 24.3 Å². The lowest BCUT2D eigenvalue weighted by molar-refractivity contribution is -0.139. The number of hydrogen-bond donors (Lipinski definition) is 1. The summed E-state index contributed by atoms with van der Waals surface area (Å²) in [7, 11) is 0. The number of ether oxygens (including phenoxy) is 1. The van der Waals surface area contributed by atoms with E-state index in [2.05, 4.69) is 61.5 Å². The van der Waals surface area contributed by atoms with Crippen LogP contribution in [0.2, 0.25) is 0 Å². The third-order valence-corrected chi connectivity index (χ3v) is 8.77. The molecule has 1 saturated heterocycles. The highest BCUT2D eigenvalue weighted by Gasteiger charge is 2.68. The van der Waals surface area contributed by atoms with Crippen LogP contribution >= 0.6 is 0 Å². The normalized spacial score (nSPS) is 32.8. The van der Waals surface area contributed by atoms with E-state index in [0.717, 1.165) is 30.1 Å². The fraction of sp³-hybridized carbons (Fsp3) is 0.630. The van der Waals surface area contributed by atoms with Gasteiger partial charge in [-0.05, 0) is 79.5 Å². The number of carbonyl (C=O) groups is 1. The molecule has 0 radical (unpaired) electrons. The van der Waals surface area contributed by atoms with Gasteiger partial charge in [0.1, 0.15) is 0 Å². The summed E-state index contributed by atoms with van der Waals surface area (Å²) < 4.78 is 8.50. The van der Waals surface area contributed by atoms with E-state index < -0.39 is 0 Å². The molecule has 5 nitrogen and oxygen atoms in total. The van der Waals surface area contributed by atoms with E-state index in [9.17, 15) is 4.79 Å². The first-order valence-electron chi connectivity index (χ1n) is 12.2. The van der Waals surface area contributed by atoms with E-state index in [0.29, 0.717) is 11.8 Å². The third-order valence-electron chi connectivity index (χ3n) is 8.77. The van der Waals surface area contributed by atoms with Crippen LogP contribution in [-0.2, 0) is 9.53 Å². The molecule has 1 aliphatic heterocycles. The molecular formula is C27H37N3O2. The number of hydrogen-bond acceptors (Lipinski definition) is 3. The van der Waals surface area contributed by atoms with Gasteiger partial charge in [-0.1, -0.05) is 39.8 Å². The molecule has 1 aromatic carbocycles. The quantitative estimate of drug-likeness (QED) is 0.723. The minimum atomic E-state index is 0.00728. The fourth-order valence-electron chi connectivity index (χ4n) is 7.15. The lowest BCUT2D eigenvalue weighted by atomic mass is 9.58. The molecule has 5 heteroatoms. The van der Waals surface area contributed by atoms with E-state index in [1.165, 1.54) is 18.4 Å². The van der Waals surface area contributed by atoms with Gasteiger partial charge in [-0.3, -0.25) is 4.79 Å². The first-order chi connectivity index (χ1) is 15.1. The molecule has 2 aliphatic carbocycles. The second-order valence-electron chi connectivity index (χ2n) is 11.4. The van der Waals surface area contributed by atoms with E-state index in [1.807, 2.05) is 25.5 Å². The summed E-state index contributed by atoms with van der Waals surface area (Å²) in [6.45, 7) is 13.6. The molecule has 1 spiro atoms. The summed E-state index contributed by atoms with van der Waals surface area (Å²) in [5.41, 5.74) is 4.73. The van der Waals surface area contributed by atoms with Crippen molar-refractivity contribution >= 4 is 5.91 Å². The Bertz CT molecular complexity index is 1040. The van der Waals surface area contributed by atoms with E-state index >= 15 is 0 Å². The number of benzene rings is 1. The van der Waals surface area contributed by atoms with E-state index in [1.54, 1.807) is 0 Å². The van der Waals surface area contributed by atoms with Crippen LogP contribution < -0.4 is 5.32 Å². The largest absolute Gasteiger partial charge is 0.373 e. The zero-order chi connectivity index (χ0) is 22.8. The molecule has 2 aromatic rings. The second-order valence-corrected chi connectivity index (χ2v) is 11.4. The Morgan fingerprint density at radius 3 is 2.72 bits per heavy atom. The van der Waals surface area contributed by atoms with Crippen molar-refractivity contribution < 1.29 is 9.53 Å². The molecule has 1 N–H and O–H groups in total. The molecule has 5 rings (SSSR count). The molecule has 2 saturated carbocycles. The zero-order valence-electron chi connectivity index (χ0n) is 20.3. The molecule has 3 fully saturated rings. The summed E-state index contributed by atoms with van der Waals surface area (Å²) >= 11 is 0. The van der Waals surface area contributed by atoms with Crippen molar-refractivity contribution in [3.63, 3.8) is 0 Å². The van der Waals surface area contributed by atoms with Crippen molar-refractivity contribution in [2.24, 2.45) is 28.6 Å². The maximum atomic E-state index is 12.8. The number of aromatic nitrogens is 2. The Kier molecular flexibility index (Phi) is 5.05. The van der Waals surface area contributed by atoms with Crippen molar-refractivity contribution in [3.05, 3.63) is 47.3 Å². The van der Waals surface area contributed by atoms with Gasteiger partial charge in [-0.25, -0.2) is 4.68 Å². The van der Waals surface area contributed by atoms with Crippen molar-refractivity contribution in [3.8, 4) is 5.69 Å². The Labute approximate surface area is 191 Å². The van der Waals surface area contributed by atoms with Gasteiger partial charge < -0.3 is 10.1 Å². The van der Waals surface area contributed by atoms with Crippen molar-refractivity contribution in [2.75, 3.05) is 6.61 Å². The molecule has 1 unspecified atom stereocenters. The lowest BCUT2D eigenvalue weighted by Gasteiger charge is -2.53. The fourth-order valence-corrected chi connectivity index (χ4v) is 7.15. The number of rotatable bonds is 4. The smallest absolute Gasteiger partial charge is 0.222 e. The van der Waals surface area contributed by atoms with Crippen LogP contribution in [-0.4, -0.2) is 28.3 Å². The topological polar surface area (TPSA) is 56.1 Å². The first kappa shape index (κ1) is 21.7. The zero-order valence-corrected chi connectivity index (χ0v) is 20.3. The van der Waals surface area contributed by atoms with Crippen molar-refractivity contribution in [1.29, 1.82) is 0 Å². The number of aryl methyl sites for hydroxylation is 2. The summed E-state index contributed by atoms with van der Waals surface area (Å²) in [4.78, 5) is 12.8. The average molecular weight is 436 g/mol. The number of amides is 1. The van der Waals surface area contributed by atoms with Gasteiger partial charge in [0.05, 0.1) is 17.5 Å². The number of nitrogens with one attached hydrogen (secondary N) is 1. The first-order valence-corrected chi connectivity index (χ1v) is 12.2. The predicted molar refractivity (Wildman–Crippen MR) is 126 cm³/mol. The molecule has 32 heavy (non-hydrogen) atoms. The van der Waals surface area contributed by atoms with Gasteiger partial charge in [-0.2, -0.15) is 5.10 Å². The molecule has 2 heterocycles. The number of fused-ring (bicyclic) bond motifs is 1. The molecular weight excluding hydrogens is 398 g/mol. The van der Waals surface area contributed by atoms with Crippen LogP contribution in [0.5, 0.6) is 0 Å². The summed E-state index contributed by atoms with van der Waals surface area (Å²) in [6, 6.07) is 11.0. The maximum absolute atomic E-state index is 12.8. The highest BCUT2D eigenvalue weighted by Crippen LogP contribution is 2.70. The Hall–Kier alpha value is -2.14. The highest BCUT2D eigenvalue weighted by molar-refractivity contribution is 5.78. The van der Waals surface area contributed by atoms with Crippen LogP contribution in [0, 0.1) is 42.4 Å². The average Bonchev–Trinajstić information content (AvgIpc) is 3.36. The highest BCUT2D eigenvalue weighted by atomic mass is 16.5. The molecule has 1 aromatic heterocycles. The minimum Gasteiger partial charge on any atom is -0.373 e. The van der Waals surface area contributed by atoms with Gasteiger partial charge in [-0.15, -0.1) is 0 Å². The Morgan fingerprint density at radius 1 is 1.25 bits per heavy atom. The van der Waals surface area contributed by atoms with Crippen molar-refractivity contribution in [1.82, 2.24) is 15.1 Å². The Morgan fingerprint density at radius 2 is 2.03 bits per heavy atom. The Balaban J connectivity index is 1.49.